The molecule has 1 aromatic carbocycles. The summed E-state index contributed by atoms with van der Waals surface area (Å²) in [6.07, 6.45) is 4.53. The Morgan fingerprint density at radius 1 is 1.25 bits per heavy atom. The normalized spacial score (nSPS) is 16.6. The quantitative estimate of drug-likeness (QED) is 0.792. The maximum Gasteiger partial charge on any atom is 0.356 e. The van der Waals surface area contributed by atoms with E-state index < -0.39 is 12.0 Å². The molecule has 148 valence electrons. The number of rotatable bonds is 6. The first-order valence-corrected chi connectivity index (χ1v) is 9.45. The van der Waals surface area contributed by atoms with Crippen LogP contribution in [0, 0.1) is 0 Å². The second-order valence-electron chi connectivity index (χ2n) is 6.79. The first-order chi connectivity index (χ1) is 13.5. The second kappa shape index (κ2) is 8.69. The van der Waals surface area contributed by atoms with Crippen LogP contribution in [-0.2, 0) is 16.1 Å². The predicted molar refractivity (Wildman–Crippen MR) is 102 cm³/mol. The number of nitrogens with zero attached hydrogens (tertiary/aromatic N) is 3. The lowest BCUT2D eigenvalue weighted by Gasteiger charge is -2.34. The Labute approximate surface area is 163 Å². The summed E-state index contributed by atoms with van der Waals surface area (Å²) in [5.41, 5.74) is 1.54. The molecule has 1 aromatic heterocycles. The third kappa shape index (κ3) is 4.39. The molecule has 2 amide bonds. The molecular formula is C20H24N4O4. The van der Waals surface area contributed by atoms with E-state index in [9.17, 15) is 14.4 Å². The van der Waals surface area contributed by atoms with Crippen LogP contribution in [0.25, 0.3) is 5.69 Å². The highest BCUT2D eigenvalue weighted by atomic mass is 16.4. The van der Waals surface area contributed by atoms with Gasteiger partial charge in [-0.2, -0.15) is 5.10 Å². The number of carbonyl (C=O) groups is 3. The Bertz CT molecular complexity index is 877. The number of carboxylic acid groups (broad SMARTS) is 1. The second-order valence-corrected chi connectivity index (χ2v) is 6.79. The number of likely N-dealkylation sites (tertiary alicyclic amines) is 1. The lowest BCUT2D eigenvalue weighted by molar-refractivity contribution is -0.142. The van der Waals surface area contributed by atoms with E-state index in [1.165, 1.54) is 10.7 Å². The number of aromatic nitrogens is 2. The molecule has 1 fully saturated rings. The van der Waals surface area contributed by atoms with Crippen molar-refractivity contribution in [1.82, 2.24) is 20.0 Å². The fourth-order valence-corrected chi connectivity index (χ4v) is 3.40. The van der Waals surface area contributed by atoms with Crippen LogP contribution < -0.4 is 5.32 Å². The summed E-state index contributed by atoms with van der Waals surface area (Å²) in [7, 11) is 0. The number of hydrogen-bond donors (Lipinski definition) is 2. The number of amides is 2. The van der Waals surface area contributed by atoms with Gasteiger partial charge in [-0.05, 0) is 43.0 Å². The maximum atomic E-state index is 12.6. The van der Waals surface area contributed by atoms with Crippen molar-refractivity contribution in [3.05, 3.63) is 47.8 Å². The van der Waals surface area contributed by atoms with Gasteiger partial charge in [-0.1, -0.05) is 19.1 Å². The van der Waals surface area contributed by atoms with Crippen molar-refractivity contribution in [2.24, 2.45) is 0 Å². The molecule has 0 spiro atoms. The molecule has 1 unspecified atom stereocenters. The molecule has 28 heavy (non-hydrogen) atoms. The minimum Gasteiger partial charge on any atom is -0.476 e. The Morgan fingerprint density at radius 2 is 2.07 bits per heavy atom. The number of carboxylic acids is 1. The Balaban J connectivity index is 1.66. The van der Waals surface area contributed by atoms with E-state index in [2.05, 4.69) is 10.4 Å². The van der Waals surface area contributed by atoms with Crippen molar-refractivity contribution >= 4 is 17.8 Å². The smallest absolute Gasteiger partial charge is 0.356 e. The van der Waals surface area contributed by atoms with Gasteiger partial charge >= 0.3 is 5.97 Å². The molecule has 0 saturated carbocycles. The summed E-state index contributed by atoms with van der Waals surface area (Å²) < 4.78 is 1.48. The van der Waals surface area contributed by atoms with Gasteiger partial charge < -0.3 is 15.3 Å². The van der Waals surface area contributed by atoms with E-state index in [-0.39, 0.29) is 17.5 Å². The molecule has 2 heterocycles. The topological polar surface area (TPSA) is 105 Å². The standard InChI is InChI=1S/C20H24N4O4/c1-2-18(25)23-10-4-3-8-17(23)19(26)21-13-14-6-5-7-15(12-14)24-11-9-16(22-24)20(27)28/h5-7,9,11-12,17H,2-4,8,10,13H2,1H3,(H,21,26)(H,27,28). The number of piperidine rings is 1. The van der Waals surface area contributed by atoms with Crippen LogP contribution >= 0.6 is 0 Å². The van der Waals surface area contributed by atoms with Crippen molar-refractivity contribution in [3.63, 3.8) is 0 Å². The summed E-state index contributed by atoms with van der Waals surface area (Å²) >= 11 is 0. The third-order valence-electron chi connectivity index (χ3n) is 4.88. The average molecular weight is 384 g/mol. The van der Waals surface area contributed by atoms with Gasteiger partial charge in [-0.15, -0.1) is 0 Å². The van der Waals surface area contributed by atoms with Crippen LogP contribution in [-0.4, -0.2) is 50.2 Å². The van der Waals surface area contributed by atoms with Crippen LogP contribution in [0.15, 0.2) is 36.5 Å². The Morgan fingerprint density at radius 3 is 2.79 bits per heavy atom. The van der Waals surface area contributed by atoms with E-state index >= 15 is 0 Å². The molecule has 1 aliphatic heterocycles. The number of benzene rings is 1. The Kier molecular flexibility index (Phi) is 6.08. The molecule has 0 aliphatic carbocycles. The van der Waals surface area contributed by atoms with Crippen LogP contribution in [0.3, 0.4) is 0 Å². The van der Waals surface area contributed by atoms with E-state index in [1.54, 1.807) is 11.1 Å². The minimum absolute atomic E-state index is 0.00904. The first kappa shape index (κ1) is 19.6. The highest BCUT2D eigenvalue weighted by Gasteiger charge is 2.30. The first-order valence-electron chi connectivity index (χ1n) is 9.45. The van der Waals surface area contributed by atoms with E-state index in [1.807, 2.05) is 31.2 Å². The van der Waals surface area contributed by atoms with Gasteiger partial charge in [0.05, 0.1) is 5.69 Å². The molecule has 2 N–H and O–H groups in total. The van der Waals surface area contributed by atoms with Crippen molar-refractivity contribution < 1.29 is 19.5 Å². The third-order valence-corrected chi connectivity index (χ3v) is 4.88. The monoisotopic (exact) mass is 384 g/mol. The summed E-state index contributed by atoms with van der Waals surface area (Å²) in [6.45, 7) is 2.76. The zero-order valence-electron chi connectivity index (χ0n) is 15.8. The van der Waals surface area contributed by atoms with Crippen molar-refractivity contribution in [1.29, 1.82) is 0 Å². The molecule has 1 atom stereocenters. The fraction of sp³-hybridized carbons (Fsp3) is 0.400. The molecule has 1 saturated heterocycles. The molecule has 0 radical (unpaired) electrons. The fourth-order valence-electron chi connectivity index (χ4n) is 3.40. The van der Waals surface area contributed by atoms with Gasteiger partial charge in [0.15, 0.2) is 5.69 Å². The van der Waals surface area contributed by atoms with Crippen molar-refractivity contribution in [2.75, 3.05) is 6.54 Å². The number of aromatic carboxylic acids is 1. The number of carbonyl (C=O) groups excluding carboxylic acids is 2. The van der Waals surface area contributed by atoms with Crippen molar-refractivity contribution in [3.8, 4) is 5.69 Å². The van der Waals surface area contributed by atoms with Crippen LogP contribution in [0.1, 0.15) is 48.7 Å². The zero-order chi connectivity index (χ0) is 20.1. The van der Waals surface area contributed by atoms with E-state index in [4.69, 9.17) is 5.11 Å². The molecule has 1 aliphatic rings. The van der Waals surface area contributed by atoms with Gasteiger partial charge in [-0.3, -0.25) is 9.59 Å². The maximum absolute atomic E-state index is 12.6. The number of hydrogen-bond acceptors (Lipinski definition) is 4. The summed E-state index contributed by atoms with van der Waals surface area (Å²) in [5, 5.41) is 15.9. The zero-order valence-corrected chi connectivity index (χ0v) is 15.8. The average Bonchev–Trinajstić information content (AvgIpc) is 3.22. The summed E-state index contributed by atoms with van der Waals surface area (Å²) in [6, 6.07) is 8.38. The van der Waals surface area contributed by atoms with Gasteiger partial charge in [0.2, 0.25) is 11.8 Å². The van der Waals surface area contributed by atoms with Gasteiger partial charge in [0.25, 0.3) is 0 Å². The van der Waals surface area contributed by atoms with Gasteiger partial charge in [0, 0.05) is 25.7 Å². The van der Waals surface area contributed by atoms with Crippen molar-refractivity contribution in [2.45, 2.75) is 45.2 Å². The lowest BCUT2D eigenvalue weighted by atomic mass is 10.0. The molecule has 0 bridgehead atoms. The van der Waals surface area contributed by atoms with Crippen LogP contribution in [0.5, 0.6) is 0 Å². The molecule has 3 rings (SSSR count). The molecule has 8 heteroatoms. The summed E-state index contributed by atoms with van der Waals surface area (Å²) in [4.78, 5) is 37.4. The van der Waals surface area contributed by atoms with Crippen LogP contribution in [0.4, 0.5) is 0 Å². The highest BCUT2D eigenvalue weighted by molar-refractivity contribution is 5.87. The SMILES string of the molecule is CCC(=O)N1CCCCC1C(=O)NCc1cccc(-n2ccc(C(=O)O)n2)c1. The highest BCUT2D eigenvalue weighted by Crippen LogP contribution is 2.18. The lowest BCUT2D eigenvalue weighted by Crippen LogP contribution is -2.51. The van der Waals surface area contributed by atoms with Gasteiger partial charge in [0.1, 0.15) is 6.04 Å². The van der Waals surface area contributed by atoms with E-state index in [0.717, 1.165) is 18.4 Å². The van der Waals surface area contributed by atoms with Gasteiger partial charge in [-0.25, -0.2) is 9.48 Å². The molecule has 8 nitrogen and oxygen atoms in total. The summed E-state index contributed by atoms with van der Waals surface area (Å²) in [5.74, 6) is -1.21. The predicted octanol–water partition coefficient (Wildman–Crippen LogP) is 1.98. The van der Waals surface area contributed by atoms with E-state index in [0.29, 0.717) is 31.6 Å². The Hall–Kier alpha value is -3.16. The minimum atomic E-state index is -1.08. The molecule has 2 aromatic rings. The largest absolute Gasteiger partial charge is 0.476 e. The van der Waals surface area contributed by atoms with Crippen LogP contribution in [0.2, 0.25) is 0 Å². The number of nitrogens with one attached hydrogen (secondary N) is 1. The molecular weight excluding hydrogens is 360 g/mol.